The number of hydrogen-bond donors (Lipinski definition) is 2. The molecule has 0 heterocycles. The summed E-state index contributed by atoms with van der Waals surface area (Å²) < 4.78 is 5.30. The van der Waals surface area contributed by atoms with Gasteiger partial charge in [0.2, 0.25) is 0 Å². The number of aromatic carboxylic acids is 1. The van der Waals surface area contributed by atoms with Gasteiger partial charge in [0, 0.05) is 6.04 Å². The number of hydrogen-bond acceptors (Lipinski definition) is 3. The molecule has 0 bridgehead atoms. The van der Waals surface area contributed by atoms with Crippen LogP contribution in [0.1, 0.15) is 30.1 Å². The summed E-state index contributed by atoms with van der Waals surface area (Å²) >= 11 is 0. The van der Waals surface area contributed by atoms with Crippen LogP contribution < -0.4 is 10.1 Å². The topological polar surface area (TPSA) is 75.6 Å². The molecular weight excluding hydrogens is 246 g/mol. The molecule has 5 heteroatoms. The molecule has 1 fully saturated rings. The SMILES string of the molecule is CC(NC(=O)COc1ccc(C(=O)O)cc1)C1CC1. The monoisotopic (exact) mass is 263 g/mol. The molecule has 5 nitrogen and oxygen atoms in total. The number of carbonyl (C=O) groups is 2. The van der Waals surface area contributed by atoms with Gasteiger partial charge < -0.3 is 15.2 Å². The summed E-state index contributed by atoms with van der Waals surface area (Å²) in [6.07, 6.45) is 2.36. The maximum absolute atomic E-state index is 11.6. The molecule has 0 spiro atoms. The molecule has 1 saturated carbocycles. The third-order valence-electron chi connectivity index (χ3n) is 3.19. The first-order valence-corrected chi connectivity index (χ1v) is 6.32. The smallest absolute Gasteiger partial charge is 0.335 e. The molecule has 2 rings (SSSR count). The molecule has 1 aromatic rings. The Bertz CT molecular complexity index is 465. The predicted molar refractivity (Wildman–Crippen MR) is 69.2 cm³/mol. The number of carboxylic acid groups (broad SMARTS) is 1. The number of carboxylic acids is 1. The number of ether oxygens (including phenoxy) is 1. The number of amides is 1. The molecule has 19 heavy (non-hydrogen) atoms. The van der Waals surface area contributed by atoms with E-state index in [0.29, 0.717) is 11.7 Å². The first-order chi connectivity index (χ1) is 9.06. The van der Waals surface area contributed by atoms with Crippen molar-refractivity contribution in [3.8, 4) is 5.75 Å². The molecule has 0 aromatic heterocycles. The van der Waals surface area contributed by atoms with Crippen molar-refractivity contribution in [3.05, 3.63) is 29.8 Å². The largest absolute Gasteiger partial charge is 0.484 e. The van der Waals surface area contributed by atoms with Crippen LogP contribution in [0.4, 0.5) is 0 Å². The minimum Gasteiger partial charge on any atom is -0.484 e. The zero-order valence-corrected chi connectivity index (χ0v) is 10.8. The average molecular weight is 263 g/mol. The van der Waals surface area contributed by atoms with Crippen molar-refractivity contribution in [2.45, 2.75) is 25.8 Å². The molecule has 2 N–H and O–H groups in total. The van der Waals surface area contributed by atoms with Crippen LogP contribution in [0.2, 0.25) is 0 Å². The Hall–Kier alpha value is -2.04. The van der Waals surface area contributed by atoms with E-state index in [4.69, 9.17) is 9.84 Å². The summed E-state index contributed by atoms with van der Waals surface area (Å²) in [5.74, 6) is -0.0395. The van der Waals surface area contributed by atoms with E-state index < -0.39 is 5.97 Å². The highest BCUT2D eigenvalue weighted by Crippen LogP contribution is 2.32. The van der Waals surface area contributed by atoms with Crippen molar-refractivity contribution in [1.29, 1.82) is 0 Å². The summed E-state index contributed by atoms with van der Waals surface area (Å²) in [4.78, 5) is 22.3. The molecule has 0 saturated heterocycles. The zero-order chi connectivity index (χ0) is 13.8. The van der Waals surface area contributed by atoms with Crippen molar-refractivity contribution in [2.75, 3.05) is 6.61 Å². The van der Waals surface area contributed by atoms with Crippen molar-refractivity contribution in [2.24, 2.45) is 5.92 Å². The zero-order valence-electron chi connectivity index (χ0n) is 10.8. The minimum absolute atomic E-state index is 0.0521. The van der Waals surface area contributed by atoms with Crippen molar-refractivity contribution < 1.29 is 19.4 Å². The van der Waals surface area contributed by atoms with Gasteiger partial charge in [-0.25, -0.2) is 4.79 Å². The summed E-state index contributed by atoms with van der Waals surface area (Å²) in [6.45, 7) is 1.95. The third kappa shape index (κ3) is 3.98. The van der Waals surface area contributed by atoms with Gasteiger partial charge in [0.05, 0.1) is 5.56 Å². The van der Waals surface area contributed by atoms with E-state index in [9.17, 15) is 9.59 Å². The Balaban J connectivity index is 1.77. The molecule has 1 aliphatic carbocycles. The van der Waals surface area contributed by atoms with Gasteiger partial charge in [-0.1, -0.05) is 0 Å². The maximum atomic E-state index is 11.6. The van der Waals surface area contributed by atoms with Gasteiger partial charge in [0.25, 0.3) is 5.91 Å². The van der Waals surface area contributed by atoms with Crippen LogP contribution in [0, 0.1) is 5.92 Å². The highest BCUT2D eigenvalue weighted by molar-refractivity contribution is 5.87. The van der Waals surface area contributed by atoms with Gasteiger partial charge in [-0.05, 0) is 49.9 Å². The second-order valence-corrected chi connectivity index (χ2v) is 4.81. The average Bonchev–Trinajstić information content (AvgIpc) is 3.21. The fourth-order valence-electron chi connectivity index (χ4n) is 1.85. The summed E-state index contributed by atoms with van der Waals surface area (Å²) in [5.41, 5.74) is 0.194. The molecule has 1 aliphatic rings. The Labute approximate surface area is 111 Å². The maximum Gasteiger partial charge on any atom is 0.335 e. The summed E-state index contributed by atoms with van der Waals surface area (Å²) in [5, 5.41) is 11.6. The van der Waals surface area contributed by atoms with Crippen LogP contribution in [-0.2, 0) is 4.79 Å². The number of nitrogens with one attached hydrogen (secondary N) is 1. The Kier molecular flexibility index (Phi) is 4.04. The van der Waals surface area contributed by atoms with Crippen molar-refractivity contribution in [1.82, 2.24) is 5.32 Å². The highest BCUT2D eigenvalue weighted by Gasteiger charge is 2.28. The number of carbonyl (C=O) groups excluding carboxylic acids is 1. The van der Waals surface area contributed by atoms with Crippen LogP contribution >= 0.6 is 0 Å². The third-order valence-corrected chi connectivity index (χ3v) is 3.19. The fourth-order valence-corrected chi connectivity index (χ4v) is 1.85. The van der Waals surface area contributed by atoms with Crippen LogP contribution in [-0.4, -0.2) is 29.6 Å². The quantitative estimate of drug-likeness (QED) is 0.818. The normalized spacial score (nSPS) is 15.6. The van der Waals surface area contributed by atoms with E-state index in [2.05, 4.69) is 5.32 Å². The first-order valence-electron chi connectivity index (χ1n) is 6.32. The van der Waals surface area contributed by atoms with Crippen LogP contribution in [0.25, 0.3) is 0 Å². The molecule has 0 aliphatic heterocycles. The van der Waals surface area contributed by atoms with Gasteiger partial charge in [-0.3, -0.25) is 4.79 Å². The minimum atomic E-state index is -0.984. The molecule has 1 aromatic carbocycles. The van der Waals surface area contributed by atoms with Crippen LogP contribution in [0.3, 0.4) is 0 Å². The second kappa shape index (κ2) is 5.73. The lowest BCUT2D eigenvalue weighted by Gasteiger charge is -2.13. The summed E-state index contributed by atoms with van der Waals surface area (Å²) in [7, 11) is 0. The van der Waals surface area contributed by atoms with E-state index in [1.54, 1.807) is 12.1 Å². The van der Waals surface area contributed by atoms with Crippen molar-refractivity contribution >= 4 is 11.9 Å². The highest BCUT2D eigenvalue weighted by atomic mass is 16.5. The Morgan fingerprint density at radius 3 is 2.53 bits per heavy atom. The molecule has 1 amide bonds. The molecular formula is C14H17NO4. The number of rotatable bonds is 6. The Morgan fingerprint density at radius 1 is 1.37 bits per heavy atom. The fraction of sp³-hybridized carbons (Fsp3) is 0.429. The first kappa shape index (κ1) is 13.4. The van der Waals surface area contributed by atoms with Crippen molar-refractivity contribution in [3.63, 3.8) is 0 Å². The standard InChI is InChI=1S/C14H17NO4/c1-9(10-2-3-10)15-13(16)8-19-12-6-4-11(5-7-12)14(17)18/h4-7,9-10H,2-3,8H2,1H3,(H,15,16)(H,17,18). The van der Waals surface area contributed by atoms with Gasteiger partial charge in [0.15, 0.2) is 6.61 Å². The predicted octanol–water partition coefficient (Wildman–Crippen LogP) is 1.68. The molecule has 0 radical (unpaired) electrons. The second-order valence-electron chi connectivity index (χ2n) is 4.81. The van der Waals surface area contributed by atoms with Crippen LogP contribution in [0.15, 0.2) is 24.3 Å². The van der Waals surface area contributed by atoms with Gasteiger partial charge in [-0.15, -0.1) is 0 Å². The molecule has 1 atom stereocenters. The van der Waals surface area contributed by atoms with Gasteiger partial charge >= 0.3 is 5.97 Å². The lowest BCUT2D eigenvalue weighted by molar-refractivity contribution is -0.123. The molecule has 1 unspecified atom stereocenters. The van der Waals surface area contributed by atoms with E-state index in [1.807, 2.05) is 6.92 Å². The van der Waals surface area contributed by atoms with Gasteiger partial charge in [-0.2, -0.15) is 0 Å². The van der Waals surface area contributed by atoms with Crippen LogP contribution in [0.5, 0.6) is 5.75 Å². The lowest BCUT2D eigenvalue weighted by Crippen LogP contribution is -2.37. The van der Waals surface area contributed by atoms with E-state index in [1.165, 1.54) is 25.0 Å². The number of benzene rings is 1. The summed E-state index contributed by atoms with van der Waals surface area (Å²) in [6, 6.07) is 6.18. The Morgan fingerprint density at radius 2 is 2.00 bits per heavy atom. The van der Waals surface area contributed by atoms with Gasteiger partial charge in [0.1, 0.15) is 5.75 Å². The van der Waals surface area contributed by atoms with E-state index in [-0.39, 0.29) is 24.1 Å². The van der Waals surface area contributed by atoms with E-state index >= 15 is 0 Å². The molecule has 102 valence electrons. The van der Waals surface area contributed by atoms with E-state index in [0.717, 1.165) is 0 Å². The lowest BCUT2D eigenvalue weighted by atomic mass is 10.2.